The van der Waals surface area contributed by atoms with Gasteiger partial charge in [0.2, 0.25) is 5.91 Å². The highest BCUT2D eigenvalue weighted by Gasteiger charge is 2.29. The van der Waals surface area contributed by atoms with Crippen LogP contribution in [-0.4, -0.2) is 26.9 Å². The fraction of sp³-hybridized carbons (Fsp3) is 0.423. The van der Waals surface area contributed by atoms with Crippen molar-refractivity contribution in [3.8, 4) is 5.69 Å². The standard InChI is InChI=1S/C26H32ClN3O2/c1-6-7-16-29(23(31)17-26(3,4)5)18(2)24-28-22-11-9-8-10-21(22)25(32)30(24)20-14-12-19(27)13-15-20/h8-15,18H,6-7,16-17H2,1-5H3. The van der Waals surface area contributed by atoms with E-state index in [-0.39, 0.29) is 22.9 Å². The van der Waals surface area contributed by atoms with Crippen LogP contribution < -0.4 is 5.56 Å². The lowest BCUT2D eigenvalue weighted by atomic mass is 9.91. The number of hydrogen-bond donors (Lipinski definition) is 0. The molecule has 0 aliphatic rings. The number of carbonyl (C=O) groups excluding carboxylic acids is 1. The van der Waals surface area contributed by atoms with E-state index in [2.05, 4.69) is 27.7 Å². The lowest BCUT2D eigenvalue weighted by molar-refractivity contribution is -0.135. The second-order valence-electron chi connectivity index (χ2n) is 9.46. The molecule has 0 aliphatic heterocycles. The van der Waals surface area contributed by atoms with Gasteiger partial charge in [-0.2, -0.15) is 0 Å². The average Bonchev–Trinajstić information content (AvgIpc) is 2.73. The minimum Gasteiger partial charge on any atom is -0.333 e. The minimum absolute atomic E-state index is 0.0727. The molecule has 3 aromatic rings. The van der Waals surface area contributed by atoms with Crippen LogP contribution in [0, 0.1) is 5.41 Å². The number of carbonyl (C=O) groups is 1. The summed E-state index contributed by atoms with van der Waals surface area (Å²) in [5.74, 6) is 0.623. The monoisotopic (exact) mass is 453 g/mol. The summed E-state index contributed by atoms with van der Waals surface area (Å²) in [5, 5.41) is 1.13. The van der Waals surface area contributed by atoms with Crippen LogP contribution in [0.4, 0.5) is 0 Å². The van der Waals surface area contributed by atoms with Gasteiger partial charge in [0, 0.05) is 18.0 Å². The number of aromatic nitrogens is 2. The number of benzene rings is 2. The Bertz CT molecular complexity index is 1150. The third-order valence-corrected chi connectivity index (χ3v) is 5.73. The Labute approximate surface area is 195 Å². The van der Waals surface area contributed by atoms with Crippen LogP contribution in [0.2, 0.25) is 5.02 Å². The summed E-state index contributed by atoms with van der Waals surface area (Å²) in [4.78, 5) is 33.6. The molecule has 1 atom stereocenters. The summed E-state index contributed by atoms with van der Waals surface area (Å²) in [7, 11) is 0. The molecule has 0 bridgehead atoms. The molecule has 32 heavy (non-hydrogen) atoms. The molecule has 2 aromatic carbocycles. The van der Waals surface area contributed by atoms with Gasteiger partial charge in [-0.25, -0.2) is 4.98 Å². The van der Waals surface area contributed by atoms with Crippen molar-refractivity contribution >= 4 is 28.4 Å². The maximum absolute atomic E-state index is 13.6. The van der Waals surface area contributed by atoms with Crippen LogP contribution in [0.15, 0.2) is 53.3 Å². The minimum atomic E-state index is -0.371. The Balaban J connectivity index is 2.19. The Kier molecular flexibility index (Phi) is 7.40. The highest BCUT2D eigenvalue weighted by molar-refractivity contribution is 6.30. The quantitative estimate of drug-likeness (QED) is 0.430. The van der Waals surface area contributed by atoms with Crippen molar-refractivity contribution in [2.45, 2.75) is 59.9 Å². The van der Waals surface area contributed by atoms with Crippen molar-refractivity contribution in [3.05, 3.63) is 69.7 Å². The van der Waals surface area contributed by atoms with Crippen LogP contribution in [0.3, 0.4) is 0 Å². The number of amides is 1. The molecular weight excluding hydrogens is 422 g/mol. The lowest BCUT2D eigenvalue weighted by Crippen LogP contribution is -2.39. The number of fused-ring (bicyclic) bond motifs is 1. The van der Waals surface area contributed by atoms with Crippen LogP contribution in [-0.2, 0) is 4.79 Å². The van der Waals surface area contributed by atoms with E-state index < -0.39 is 0 Å². The Morgan fingerprint density at radius 3 is 2.41 bits per heavy atom. The SMILES string of the molecule is CCCCN(C(=O)CC(C)(C)C)C(C)c1nc2ccccc2c(=O)n1-c1ccc(Cl)cc1. The molecule has 1 amide bonds. The van der Waals surface area contributed by atoms with E-state index >= 15 is 0 Å². The van der Waals surface area contributed by atoms with Crippen LogP contribution in [0.25, 0.3) is 16.6 Å². The second-order valence-corrected chi connectivity index (χ2v) is 9.89. The first-order chi connectivity index (χ1) is 15.1. The lowest BCUT2D eigenvalue weighted by Gasteiger charge is -2.32. The van der Waals surface area contributed by atoms with Crippen LogP contribution in [0.1, 0.15) is 65.7 Å². The molecule has 6 heteroatoms. The molecule has 1 unspecified atom stereocenters. The van der Waals surface area contributed by atoms with E-state index in [0.29, 0.717) is 40.4 Å². The van der Waals surface area contributed by atoms with Gasteiger partial charge in [-0.3, -0.25) is 14.2 Å². The second kappa shape index (κ2) is 9.86. The molecule has 0 N–H and O–H groups in total. The van der Waals surface area contributed by atoms with Gasteiger partial charge in [-0.1, -0.05) is 57.8 Å². The topological polar surface area (TPSA) is 55.2 Å². The zero-order valence-corrected chi connectivity index (χ0v) is 20.3. The van der Waals surface area contributed by atoms with Crippen LogP contribution >= 0.6 is 11.6 Å². The first-order valence-electron chi connectivity index (χ1n) is 11.2. The zero-order chi connectivity index (χ0) is 23.5. The third-order valence-electron chi connectivity index (χ3n) is 5.48. The highest BCUT2D eigenvalue weighted by Crippen LogP contribution is 2.27. The molecule has 0 radical (unpaired) electrons. The van der Waals surface area contributed by atoms with Crippen molar-refractivity contribution in [1.29, 1.82) is 0 Å². The Morgan fingerprint density at radius 1 is 1.12 bits per heavy atom. The van der Waals surface area contributed by atoms with Gasteiger partial charge in [0.1, 0.15) is 5.82 Å². The average molecular weight is 454 g/mol. The number of unbranched alkanes of at least 4 members (excludes halogenated alkanes) is 1. The molecule has 1 aromatic heterocycles. The number of nitrogens with zero attached hydrogens (tertiary/aromatic N) is 3. The van der Waals surface area contributed by atoms with E-state index in [0.717, 1.165) is 12.8 Å². The predicted octanol–water partition coefficient (Wildman–Crippen LogP) is 6.17. The van der Waals surface area contributed by atoms with E-state index in [9.17, 15) is 9.59 Å². The van der Waals surface area contributed by atoms with Crippen molar-refractivity contribution in [3.63, 3.8) is 0 Å². The summed E-state index contributed by atoms with van der Waals surface area (Å²) in [6, 6.07) is 14.1. The summed E-state index contributed by atoms with van der Waals surface area (Å²) in [6.45, 7) is 10.9. The van der Waals surface area contributed by atoms with Crippen LogP contribution in [0.5, 0.6) is 0 Å². The molecule has 1 heterocycles. The van der Waals surface area contributed by atoms with Crippen molar-refractivity contribution < 1.29 is 4.79 Å². The molecule has 3 rings (SSSR count). The molecule has 0 fully saturated rings. The molecule has 0 aliphatic carbocycles. The number of para-hydroxylation sites is 1. The fourth-order valence-corrected chi connectivity index (χ4v) is 3.95. The summed E-state index contributed by atoms with van der Waals surface area (Å²) < 4.78 is 1.62. The first-order valence-corrected chi connectivity index (χ1v) is 11.6. The van der Waals surface area contributed by atoms with Crippen molar-refractivity contribution in [1.82, 2.24) is 14.5 Å². The summed E-state index contributed by atoms with van der Waals surface area (Å²) >= 11 is 6.09. The predicted molar refractivity (Wildman–Crippen MR) is 131 cm³/mol. The van der Waals surface area contributed by atoms with Gasteiger partial charge in [0.25, 0.3) is 5.56 Å². The normalized spacial score (nSPS) is 12.7. The van der Waals surface area contributed by atoms with Gasteiger partial charge in [-0.15, -0.1) is 0 Å². The zero-order valence-electron chi connectivity index (χ0n) is 19.6. The maximum atomic E-state index is 13.6. The highest BCUT2D eigenvalue weighted by atomic mass is 35.5. The smallest absolute Gasteiger partial charge is 0.266 e. The van der Waals surface area contributed by atoms with E-state index in [1.807, 2.05) is 42.2 Å². The van der Waals surface area contributed by atoms with Gasteiger partial charge in [0.15, 0.2) is 0 Å². The molecule has 0 saturated heterocycles. The van der Waals surface area contributed by atoms with Gasteiger partial charge < -0.3 is 4.90 Å². The summed E-state index contributed by atoms with van der Waals surface area (Å²) in [6.07, 6.45) is 2.29. The first kappa shape index (κ1) is 24.0. The molecule has 0 saturated carbocycles. The number of rotatable bonds is 7. The molecular formula is C26H32ClN3O2. The molecule has 170 valence electrons. The van der Waals surface area contributed by atoms with Gasteiger partial charge >= 0.3 is 0 Å². The molecule has 5 nitrogen and oxygen atoms in total. The van der Waals surface area contributed by atoms with Crippen molar-refractivity contribution in [2.75, 3.05) is 6.54 Å². The number of halogens is 1. The summed E-state index contributed by atoms with van der Waals surface area (Å²) in [5.41, 5.74) is 1.02. The number of hydrogen-bond acceptors (Lipinski definition) is 3. The largest absolute Gasteiger partial charge is 0.333 e. The van der Waals surface area contributed by atoms with Crippen molar-refractivity contribution in [2.24, 2.45) is 5.41 Å². The molecule has 0 spiro atoms. The van der Waals surface area contributed by atoms with E-state index in [1.54, 1.807) is 22.8 Å². The Hall–Kier alpha value is -2.66. The fourth-order valence-electron chi connectivity index (χ4n) is 3.83. The van der Waals surface area contributed by atoms with E-state index in [4.69, 9.17) is 16.6 Å². The van der Waals surface area contributed by atoms with Gasteiger partial charge in [-0.05, 0) is 55.2 Å². The van der Waals surface area contributed by atoms with Gasteiger partial charge in [0.05, 0.1) is 22.6 Å². The maximum Gasteiger partial charge on any atom is 0.266 e. The van der Waals surface area contributed by atoms with E-state index in [1.165, 1.54) is 0 Å². The Morgan fingerprint density at radius 2 is 1.78 bits per heavy atom. The third kappa shape index (κ3) is 5.39.